The van der Waals surface area contributed by atoms with Crippen molar-refractivity contribution in [1.82, 2.24) is 25.1 Å². The second-order valence-corrected chi connectivity index (χ2v) is 22.2. The maximum Gasteiger partial charge on any atom is 0.410 e. The number of nitrogens with zero attached hydrogens (tertiary/aromatic N) is 5. The number of ether oxygens (including phenoxy) is 7. The monoisotopic (exact) mass is 1160 g/mol. The molecule has 0 aromatic heterocycles. The van der Waals surface area contributed by atoms with Gasteiger partial charge in [-0.3, -0.25) is 19.2 Å². The van der Waals surface area contributed by atoms with Crippen LogP contribution in [0.4, 0.5) is 15.3 Å². The van der Waals surface area contributed by atoms with Crippen molar-refractivity contribution in [3.63, 3.8) is 0 Å². The molecular weight excluding hydrogens is 1080 g/mol. The number of benzene rings is 1. The number of carbonyl (C=O) groups excluding carboxylic acids is 8. The minimum absolute atomic E-state index is 0.0129. The Morgan fingerprint density at radius 3 is 2.33 bits per heavy atom. The molecule has 3 heterocycles. The van der Waals surface area contributed by atoms with Gasteiger partial charge in [-0.25, -0.2) is 24.5 Å². The van der Waals surface area contributed by atoms with Gasteiger partial charge in [-0.2, -0.15) is 0 Å². The molecule has 1 aromatic carbocycles. The summed E-state index contributed by atoms with van der Waals surface area (Å²) in [6, 6.07) is 2.43. The highest BCUT2D eigenvalue weighted by molar-refractivity contribution is 6.35. The number of imide groups is 1. The van der Waals surface area contributed by atoms with Crippen LogP contribution in [0.5, 0.6) is 5.75 Å². The summed E-state index contributed by atoms with van der Waals surface area (Å²) in [5, 5.41) is 26.2. The van der Waals surface area contributed by atoms with Crippen molar-refractivity contribution in [2.24, 2.45) is 17.3 Å². The molecule has 3 unspecified atom stereocenters. The summed E-state index contributed by atoms with van der Waals surface area (Å²) < 4.78 is 40.3. The zero-order chi connectivity index (χ0) is 59.5. The zero-order valence-electron chi connectivity index (χ0n) is 47.9. The number of rotatable bonds is 16. The van der Waals surface area contributed by atoms with Gasteiger partial charge in [0.1, 0.15) is 48.3 Å². The number of allylic oxidation sites excluding steroid dienone is 3. The minimum atomic E-state index is -1.74. The number of esters is 1. The average Bonchev–Trinajstić information content (AvgIpc) is 4.03. The number of methoxy groups -OCH3 is 2. The van der Waals surface area contributed by atoms with Gasteiger partial charge in [0.2, 0.25) is 18.2 Å². The third kappa shape index (κ3) is 16.5. The fraction of sp³-hybridized carbons (Fsp3) is 0.643. The normalized spacial score (nSPS) is 29.8. The zero-order valence-corrected chi connectivity index (χ0v) is 48.6. The van der Waals surface area contributed by atoms with Gasteiger partial charge in [0.15, 0.2) is 5.72 Å². The number of amides is 6. The lowest BCUT2D eigenvalue weighted by Gasteiger charge is -2.45. The van der Waals surface area contributed by atoms with E-state index in [-0.39, 0.29) is 74.8 Å². The third-order valence-electron chi connectivity index (χ3n) is 15.9. The number of fused-ring (bicyclic) bond motifs is 5. The second-order valence-electron chi connectivity index (χ2n) is 21.8. The molecule has 3 N–H and O–H groups in total. The number of halogens is 1. The van der Waals surface area contributed by atoms with E-state index in [2.05, 4.69) is 5.32 Å². The van der Waals surface area contributed by atoms with Crippen LogP contribution in [0.2, 0.25) is 5.02 Å². The molecule has 2 saturated heterocycles. The van der Waals surface area contributed by atoms with Crippen LogP contribution < -0.4 is 15.0 Å². The molecule has 6 rings (SSSR count). The Balaban J connectivity index is 1.01. The fourth-order valence-corrected chi connectivity index (χ4v) is 10.8. The van der Waals surface area contributed by atoms with E-state index in [9.17, 15) is 48.6 Å². The highest BCUT2D eigenvalue weighted by Gasteiger charge is 2.62. The van der Waals surface area contributed by atoms with Gasteiger partial charge in [0.05, 0.1) is 37.8 Å². The van der Waals surface area contributed by atoms with Crippen LogP contribution in [0, 0.1) is 17.3 Å². The predicted octanol–water partition coefficient (Wildman–Crippen LogP) is 4.56. The lowest BCUT2D eigenvalue weighted by atomic mass is 9.83. The molecule has 24 nitrogen and oxygen atoms in total. The number of anilines is 1. The lowest BCUT2D eigenvalue weighted by molar-refractivity contribution is -0.271. The molecule has 1 aromatic rings. The molecule has 3 fully saturated rings. The second kappa shape index (κ2) is 28.2. The van der Waals surface area contributed by atoms with Crippen LogP contribution in [0.3, 0.4) is 0 Å². The number of aliphatic hydroxyl groups excluding tert-OH is 1. The Labute approximate surface area is 477 Å². The van der Waals surface area contributed by atoms with Crippen molar-refractivity contribution < 1.29 is 86.6 Å². The third-order valence-corrected chi connectivity index (χ3v) is 16.3. The highest BCUT2D eigenvalue weighted by atomic mass is 35.5. The summed E-state index contributed by atoms with van der Waals surface area (Å²) in [7, 11) is 8.92. The lowest BCUT2D eigenvalue weighted by Crippen LogP contribution is -2.65. The van der Waals surface area contributed by atoms with Gasteiger partial charge in [-0.1, -0.05) is 55.3 Å². The summed E-state index contributed by atoms with van der Waals surface area (Å²) in [6.45, 7) is 6.60. The molecule has 2 aliphatic carbocycles. The summed E-state index contributed by atoms with van der Waals surface area (Å²) >= 11 is 6.84. The SMILES string of the molecule is COc1cc2cc(c1Cl)N(C)C(=O)C[C@H](OC(=O)[C@H](C)N(C)C(=O)CCOC(=O)N(C)CCN(C)C(=O)OC1/C=C/CC(OCC(=O)ON3C(=O)CCC3=O)CCC1)[C@]1(C)C[C@H]1[C@H](C)[C@@H]1C[C@@](O)(NC(O)O1)[C@H](OC)/C=C/C=C(\C)C2. The maximum absolute atomic E-state index is 14.4. The number of carbonyl (C=O) groups is 8. The van der Waals surface area contributed by atoms with Crippen LogP contribution >= 0.6 is 11.6 Å². The van der Waals surface area contributed by atoms with E-state index in [1.165, 1.54) is 61.9 Å². The standard InChI is InChI=1S/C56H79ClN6O18/c1-33-14-11-19-43(75-10)56(73)31-42(79-52(70)58-56)34(2)39-30-55(39,4)44(29-48(67)62(8)40-27-36(26-33)28-41(74-9)50(40)57)80-51(69)35(3)61(7)45(64)22-25-76-53(71)59(5)23-24-60(6)54(72)78-38-17-12-15-37(16-13-18-38)77-32-49(68)81-63-46(65)20-21-47(63)66/h11-12,14,17,19,27-28,34-35,37-39,42-44,52,58,70,73H,13,15-16,18,20-26,29-32H2,1-10H3/b17-12+,19-11+,33-14+/t34-,35-,37?,38?,39-,42-,43+,44-,52?,55+,56-/m0/s1. The molecule has 0 radical (unpaired) electrons. The van der Waals surface area contributed by atoms with Crippen molar-refractivity contribution >= 4 is 65.0 Å². The largest absolute Gasteiger partial charge is 0.495 e. The molecule has 11 atom stereocenters. The number of nitrogens with one attached hydrogen (secondary N) is 1. The van der Waals surface area contributed by atoms with Crippen molar-refractivity contribution in [3.05, 3.63) is 58.7 Å². The van der Waals surface area contributed by atoms with E-state index in [1.807, 2.05) is 26.8 Å². The molecule has 4 bridgehead atoms. The van der Waals surface area contributed by atoms with Crippen LogP contribution in [0.1, 0.15) is 97.5 Å². The van der Waals surface area contributed by atoms with Gasteiger partial charge in [0, 0.05) is 73.1 Å². The molecule has 448 valence electrons. The number of hydrogen-bond acceptors (Lipinski definition) is 19. The van der Waals surface area contributed by atoms with Crippen molar-refractivity contribution in [2.75, 3.05) is 73.6 Å². The number of likely N-dealkylation sites (N-methyl/N-ethyl adjacent to an activating group) is 3. The molecule has 0 spiro atoms. The van der Waals surface area contributed by atoms with Crippen molar-refractivity contribution in [2.45, 2.75) is 147 Å². The van der Waals surface area contributed by atoms with E-state index in [0.29, 0.717) is 55.0 Å². The smallest absolute Gasteiger partial charge is 0.410 e. The number of aliphatic hydroxyl groups is 2. The molecule has 81 heavy (non-hydrogen) atoms. The van der Waals surface area contributed by atoms with Crippen LogP contribution in [-0.4, -0.2) is 195 Å². The first kappa shape index (κ1) is 64.0. The van der Waals surface area contributed by atoms with Crippen LogP contribution in [0.15, 0.2) is 48.1 Å². The first-order valence-electron chi connectivity index (χ1n) is 27.2. The van der Waals surface area contributed by atoms with Crippen LogP contribution in [-0.2, 0) is 68.4 Å². The van der Waals surface area contributed by atoms with E-state index < -0.39 is 102 Å². The fourth-order valence-electron chi connectivity index (χ4n) is 10.5. The molecule has 1 saturated carbocycles. The molecule has 3 aliphatic heterocycles. The maximum atomic E-state index is 14.4. The molecule has 25 heteroatoms. The summed E-state index contributed by atoms with van der Waals surface area (Å²) in [4.78, 5) is 114. The molecule has 5 aliphatic rings. The average molecular weight is 1160 g/mol. The Hall–Kier alpha value is -6.15. The minimum Gasteiger partial charge on any atom is -0.495 e. The van der Waals surface area contributed by atoms with Gasteiger partial charge < -0.3 is 67.8 Å². The number of hydroxylamine groups is 2. The van der Waals surface area contributed by atoms with E-state index in [0.717, 1.165) is 11.1 Å². The summed E-state index contributed by atoms with van der Waals surface area (Å²) in [5.41, 5.74) is -0.479. The van der Waals surface area contributed by atoms with Crippen molar-refractivity contribution in [3.8, 4) is 5.75 Å². The first-order valence-corrected chi connectivity index (χ1v) is 27.6. The number of hydrogen-bond donors (Lipinski definition) is 3. The van der Waals surface area contributed by atoms with E-state index in [4.69, 9.17) is 49.6 Å². The van der Waals surface area contributed by atoms with Gasteiger partial charge >= 0.3 is 24.1 Å². The first-order chi connectivity index (χ1) is 38.3. The summed E-state index contributed by atoms with van der Waals surface area (Å²) in [6.07, 6.45) is 4.78. The predicted molar refractivity (Wildman–Crippen MR) is 291 cm³/mol. The van der Waals surface area contributed by atoms with E-state index in [1.54, 1.807) is 43.5 Å². The quantitative estimate of drug-likeness (QED) is 0.0885. The van der Waals surface area contributed by atoms with Gasteiger partial charge in [-0.05, 0) is 88.0 Å². The van der Waals surface area contributed by atoms with Crippen LogP contribution in [0.25, 0.3) is 0 Å². The van der Waals surface area contributed by atoms with E-state index >= 15 is 0 Å². The summed E-state index contributed by atoms with van der Waals surface area (Å²) in [5.74, 6) is -3.99. The topological polar surface area (TPSA) is 279 Å². The Morgan fingerprint density at radius 1 is 0.963 bits per heavy atom. The molecule has 6 amide bonds. The van der Waals surface area contributed by atoms with Crippen molar-refractivity contribution in [1.29, 1.82) is 0 Å². The van der Waals surface area contributed by atoms with Gasteiger partial charge in [-0.15, -0.1) is 5.06 Å². The molecular formula is C56H79ClN6O18. The van der Waals surface area contributed by atoms with Gasteiger partial charge in [0.25, 0.3) is 11.8 Å². The Bertz CT molecular complexity index is 2570. The Kier molecular flexibility index (Phi) is 22.3. The highest BCUT2D eigenvalue weighted by Crippen LogP contribution is 2.61. The Morgan fingerprint density at radius 2 is 1.65 bits per heavy atom.